The Morgan fingerprint density at radius 1 is 1.19 bits per heavy atom. The summed E-state index contributed by atoms with van der Waals surface area (Å²) in [6.45, 7) is 9.50. The van der Waals surface area contributed by atoms with Crippen LogP contribution in [0.3, 0.4) is 0 Å². The zero-order chi connectivity index (χ0) is 16.0. The van der Waals surface area contributed by atoms with Crippen LogP contribution in [0.2, 0.25) is 0 Å². The molecule has 1 aromatic rings. The normalized spacial score (nSPS) is 11.0. The lowest BCUT2D eigenvalue weighted by molar-refractivity contribution is -0.308. The van der Waals surface area contributed by atoms with E-state index in [-0.39, 0.29) is 13.2 Å². The van der Waals surface area contributed by atoms with E-state index in [9.17, 15) is 10.1 Å². The number of aryl methyl sites for hydroxylation is 2. The number of carbonyl (C=O) groups is 1. The third-order valence-corrected chi connectivity index (χ3v) is 3.09. The lowest BCUT2D eigenvalue weighted by Crippen LogP contribution is -2.44. The molecular formula is C16H21NO4. The maximum Gasteiger partial charge on any atom is 0.388 e. The third kappa shape index (κ3) is 3.60. The Hall–Kier alpha value is -1.90. The maximum atomic E-state index is 11.4. The molecule has 0 spiro atoms. The number of hydrogen-bond acceptors (Lipinski definition) is 5. The van der Waals surface area contributed by atoms with Crippen molar-refractivity contribution in [3.63, 3.8) is 0 Å². The summed E-state index contributed by atoms with van der Waals surface area (Å²) >= 11 is 0. The number of aldehydes is 1. The van der Waals surface area contributed by atoms with E-state index in [0.29, 0.717) is 23.2 Å². The molecule has 0 aliphatic rings. The summed E-state index contributed by atoms with van der Waals surface area (Å²) in [4.78, 5) is 11.4. The highest BCUT2D eigenvalue weighted by Gasteiger charge is 2.35. The minimum Gasteiger partial charge on any atom is -0.433 e. The van der Waals surface area contributed by atoms with Crippen molar-refractivity contribution in [1.29, 1.82) is 5.26 Å². The summed E-state index contributed by atoms with van der Waals surface area (Å²) in [6.07, 6.45) is 0.491. The molecule has 0 bridgehead atoms. The summed E-state index contributed by atoms with van der Waals surface area (Å²) in [5.74, 6) is -1.34. The molecule has 21 heavy (non-hydrogen) atoms. The molecule has 0 atom stereocenters. The van der Waals surface area contributed by atoms with Crippen molar-refractivity contribution in [2.45, 2.75) is 40.6 Å². The summed E-state index contributed by atoms with van der Waals surface area (Å²) < 4.78 is 16.4. The van der Waals surface area contributed by atoms with E-state index in [1.807, 2.05) is 19.9 Å². The van der Waals surface area contributed by atoms with Gasteiger partial charge in [-0.1, -0.05) is 6.07 Å². The molecule has 5 nitrogen and oxygen atoms in total. The van der Waals surface area contributed by atoms with E-state index < -0.39 is 5.97 Å². The van der Waals surface area contributed by atoms with Gasteiger partial charge < -0.3 is 14.2 Å². The average Bonchev–Trinajstić information content (AvgIpc) is 2.44. The van der Waals surface area contributed by atoms with Crippen molar-refractivity contribution in [3.05, 3.63) is 28.3 Å². The molecule has 114 valence electrons. The van der Waals surface area contributed by atoms with Crippen molar-refractivity contribution in [2.75, 3.05) is 13.2 Å². The van der Waals surface area contributed by atoms with E-state index in [1.165, 1.54) is 0 Å². The van der Waals surface area contributed by atoms with E-state index in [4.69, 9.17) is 14.2 Å². The first-order valence-electron chi connectivity index (χ1n) is 6.88. The summed E-state index contributed by atoms with van der Waals surface area (Å²) in [5.41, 5.74) is 2.88. The van der Waals surface area contributed by atoms with Crippen molar-refractivity contribution in [2.24, 2.45) is 0 Å². The molecule has 1 rings (SSSR count). The van der Waals surface area contributed by atoms with Crippen LogP contribution in [0.15, 0.2) is 6.07 Å². The van der Waals surface area contributed by atoms with Crippen LogP contribution < -0.4 is 4.74 Å². The van der Waals surface area contributed by atoms with Crippen LogP contribution in [0.4, 0.5) is 0 Å². The predicted molar refractivity (Wildman–Crippen MR) is 78.0 cm³/mol. The first kappa shape index (κ1) is 17.2. The molecule has 0 unspecified atom stereocenters. The van der Waals surface area contributed by atoms with Crippen LogP contribution in [-0.2, 0) is 14.3 Å². The Balaban J connectivity index is 3.33. The average molecular weight is 291 g/mol. The highest BCUT2D eigenvalue weighted by Crippen LogP contribution is 2.32. The lowest BCUT2D eigenvalue weighted by atomic mass is 9.99. The van der Waals surface area contributed by atoms with Gasteiger partial charge >= 0.3 is 5.97 Å². The second-order valence-electron chi connectivity index (χ2n) is 4.64. The van der Waals surface area contributed by atoms with E-state index in [0.717, 1.165) is 11.1 Å². The zero-order valence-corrected chi connectivity index (χ0v) is 13.1. The second kappa shape index (κ2) is 7.21. The van der Waals surface area contributed by atoms with Gasteiger partial charge in [0.2, 0.25) is 6.29 Å². The number of carbonyl (C=O) groups excluding carboxylic acids is 1. The molecule has 1 aromatic carbocycles. The predicted octanol–water partition coefficient (Wildman–Crippen LogP) is 2.79. The number of hydrogen-bond donors (Lipinski definition) is 0. The van der Waals surface area contributed by atoms with E-state index in [2.05, 4.69) is 6.07 Å². The van der Waals surface area contributed by atoms with Crippen LogP contribution in [-0.4, -0.2) is 25.5 Å². The SMILES string of the molecule is CCOC(C=O)(OCC)Oc1c(C)cc(C)c(C#N)c1C. The maximum absolute atomic E-state index is 11.4. The fourth-order valence-corrected chi connectivity index (χ4v) is 2.23. The van der Waals surface area contributed by atoms with Crippen molar-refractivity contribution in [3.8, 4) is 11.8 Å². The summed E-state index contributed by atoms with van der Waals surface area (Å²) in [6, 6.07) is 3.99. The van der Waals surface area contributed by atoms with E-state index in [1.54, 1.807) is 20.8 Å². The molecule has 0 aromatic heterocycles. The number of benzene rings is 1. The molecule has 0 radical (unpaired) electrons. The van der Waals surface area contributed by atoms with Gasteiger partial charge in [-0.15, -0.1) is 0 Å². The molecule has 0 heterocycles. The smallest absolute Gasteiger partial charge is 0.388 e. The quantitative estimate of drug-likeness (QED) is 0.570. The summed E-state index contributed by atoms with van der Waals surface area (Å²) in [5, 5.41) is 9.24. The molecular weight excluding hydrogens is 270 g/mol. The van der Waals surface area contributed by atoms with Crippen LogP contribution >= 0.6 is 0 Å². The first-order valence-corrected chi connectivity index (χ1v) is 6.88. The Morgan fingerprint density at radius 3 is 2.19 bits per heavy atom. The first-order chi connectivity index (χ1) is 9.94. The molecule has 0 amide bonds. The van der Waals surface area contributed by atoms with Gasteiger partial charge in [0, 0.05) is 5.56 Å². The Bertz CT molecular complexity index is 554. The van der Waals surface area contributed by atoms with Crippen LogP contribution in [0, 0.1) is 32.1 Å². The number of rotatable bonds is 7. The monoisotopic (exact) mass is 291 g/mol. The molecule has 5 heteroatoms. The molecule has 0 fully saturated rings. The summed E-state index contributed by atoms with van der Waals surface area (Å²) in [7, 11) is 0. The van der Waals surface area contributed by atoms with E-state index >= 15 is 0 Å². The third-order valence-electron chi connectivity index (χ3n) is 3.09. The Morgan fingerprint density at radius 2 is 1.76 bits per heavy atom. The van der Waals surface area contributed by atoms with Gasteiger partial charge in [-0.3, -0.25) is 4.79 Å². The minimum atomic E-state index is -1.78. The van der Waals surface area contributed by atoms with Crippen LogP contribution in [0.5, 0.6) is 5.75 Å². The van der Waals surface area contributed by atoms with Crippen molar-refractivity contribution in [1.82, 2.24) is 0 Å². The van der Waals surface area contributed by atoms with Crippen LogP contribution in [0.1, 0.15) is 36.1 Å². The van der Waals surface area contributed by atoms with Crippen LogP contribution in [0.25, 0.3) is 0 Å². The van der Waals surface area contributed by atoms with Gasteiger partial charge in [0.15, 0.2) is 0 Å². The number of nitriles is 1. The minimum absolute atomic E-state index is 0.258. The van der Waals surface area contributed by atoms with Crippen molar-refractivity contribution >= 4 is 6.29 Å². The van der Waals surface area contributed by atoms with Gasteiger partial charge in [0.05, 0.1) is 24.8 Å². The molecule has 0 N–H and O–H groups in total. The molecule has 0 aliphatic carbocycles. The van der Waals surface area contributed by atoms with Gasteiger partial charge in [0.1, 0.15) is 5.75 Å². The fourth-order valence-electron chi connectivity index (χ4n) is 2.23. The lowest BCUT2D eigenvalue weighted by Gasteiger charge is -2.29. The number of ether oxygens (including phenoxy) is 3. The molecule has 0 saturated carbocycles. The molecule has 0 saturated heterocycles. The highest BCUT2D eigenvalue weighted by atomic mass is 16.9. The standard InChI is InChI=1S/C16H21NO4/c1-6-19-16(10-18,20-7-2)21-15-12(4)8-11(3)14(9-17)13(15)5/h8,10H,6-7H2,1-5H3. The second-order valence-corrected chi connectivity index (χ2v) is 4.64. The highest BCUT2D eigenvalue weighted by molar-refractivity contribution is 5.61. The van der Waals surface area contributed by atoms with Crippen molar-refractivity contribution < 1.29 is 19.0 Å². The van der Waals surface area contributed by atoms with Gasteiger partial charge in [-0.25, -0.2) is 0 Å². The largest absolute Gasteiger partial charge is 0.433 e. The van der Waals surface area contributed by atoms with Gasteiger partial charge in [-0.2, -0.15) is 5.26 Å². The van der Waals surface area contributed by atoms with Gasteiger partial charge in [0.25, 0.3) is 0 Å². The fraction of sp³-hybridized carbons (Fsp3) is 0.500. The molecule has 0 aliphatic heterocycles. The number of nitrogens with zero attached hydrogens (tertiary/aromatic N) is 1. The topological polar surface area (TPSA) is 68.6 Å². The van der Waals surface area contributed by atoms with Gasteiger partial charge in [-0.05, 0) is 45.7 Å². The Labute approximate surface area is 125 Å². The zero-order valence-electron chi connectivity index (χ0n) is 13.1. The Kier molecular flexibility index (Phi) is 5.89.